The molecule has 2 N–H and O–H groups in total. The molecule has 0 unspecified atom stereocenters. The van der Waals surface area contributed by atoms with Crippen LogP contribution in [-0.4, -0.2) is 0 Å². The second-order valence-corrected chi connectivity index (χ2v) is 4.85. The zero-order valence-electron chi connectivity index (χ0n) is 11.8. The van der Waals surface area contributed by atoms with Crippen LogP contribution in [0.5, 0.6) is 11.5 Å². The Morgan fingerprint density at radius 2 is 1.67 bits per heavy atom. The molecule has 0 aliphatic carbocycles. The van der Waals surface area contributed by atoms with Crippen molar-refractivity contribution in [2.24, 2.45) is 5.73 Å². The fourth-order valence-electron chi connectivity index (χ4n) is 2.08. The molecule has 0 atom stereocenters. The summed E-state index contributed by atoms with van der Waals surface area (Å²) in [7, 11) is 0. The highest BCUT2D eigenvalue weighted by atomic mass is 19.4. The van der Waals surface area contributed by atoms with Gasteiger partial charge in [0.1, 0.15) is 11.5 Å². The van der Waals surface area contributed by atoms with Crippen molar-refractivity contribution in [2.75, 3.05) is 0 Å². The molecule has 21 heavy (non-hydrogen) atoms. The van der Waals surface area contributed by atoms with Crippen molar-refractivity contribution >= 4 is 0 Å². The number of para-hydroxylation sites is 1. The zero-order chi connectivity index (χ0) is 15.6. The van der Waals surface area contributed by atoms with E-state index in [2.05, 4.69) is 0 Å². The van der Waals surface area contributed by atoms with Gasteiger partial charge in [-0.05, 0) is 43.2 Å². The molecule has 0 amide bonds. The molecule has 0 aliphatic rings. The van der Waals surface area contributed by atoms with Gasteiger partial charge >= 0.3 is 6.18 Å². The third-order valence-electron chi connectivity index (χ3n) is 3.23. The average Bonchev–Trinajstić information content (AvgIpc) is 2.42. The Morgan fingerprint density at radius 3 is 2.19 bits per heavy atom. The molecule has 2 nitrogen and oxygen atoms in total. The summed E-state index contributed by atoms with van der Waals surface area (Å²) >= 11 is 0. The van der Waals surface area contributed by atoms with Gasteiger partial charge in [0.25, 0.3) is 0 Å². The minimum Gasteiger partial charge on any atom is -0.456 e. The first kappa shape index (κ1) is 15.4. The second kappa shape index (κ2) is 5.77. The predicted molar refractivity (Wildman–Crippen MR) is 75.3 cm³/mol. The Labute approximate surface area is 121 Å². The van der Waals surface area contributed by atoms with Crippen LogP contribution in [0.3, 0.4) is 0 Å². The number of rotatable bonds is 3. The molecule has 2 aromatic rings. The number of hydrogen-bond acceptors (Lipinski definition) is 2. The fourth-order valence-corrected chi connectivity index (χ4v) is 2.08. The Kier molecular flexibility index (Phi) is 4.23. The number of ether oxygens (including phenoxy) is 1. The van der Waals surface area contributed by atoms with Gasteiger partial charge < -0.3 is 10.5 Å². The smallest absolute Gasteiger partial charge is 0.416 e. The summed E-state index contributed by atoms with van der Waals surface area (Å²) in [4.78, 5) is 0. The SMILES string of the molecule is Cc1cccc(C)c1Oc1ccc(C(F)(F)F)cc1CN. The summed E-state index contributed by atoms with van der Waals surface area (Å²) in [6.45, 7) is 3.74. The van der Waals surface area contributed by atoms with Crippen molar-refractivity contribution in [1.29, 1.82) is 0 Å². The highest BCUT2D eigenvalue weighted by Crippen LogP contribution is 2.35. The average molecular weight is 295 g/mol. The van der Waals surface area contributed by atoms with E-state index in [4.69, 9.17) is 10.5 Å². The Bertz CT molecular complexity index is 630. The lowest BCUT2D eigenvalue weighted by molar-refractivity contribution is -0.137. The molecule has 2 aromatic carbocycles. The highest BCUT2D eigenvalue weighted by molar-refractivity contribution is 5.46. The minimum atomic E-state index is -4.39. The molecule has 0 aromatic heterocycles. The summed E-state index contributed by atoms with van der Waals surface area (Å²) < 4.78 is 43.9. The van der Waals surface area contributed by atoms with Crippen LogP contribution in [0.4, 0.5) is 13.2 Å². The van der Waals surface area contributed by atoms with E-state index in [1.54, 1.807) is 0 Å². The monoisotopic (exact) mass is 295 g/mol. The van der Waals surface area contributed by atoms with E-state index in [1.165, 1.54) is 6.07 Å². The third-order valence-corrected chi connectivity index (χ3v) is 3.23. The third kappa shape index (κ3) is 3.36. The second-order valence-electron chi connectivity index (χ2n) is 4.85. The first-order valence-corrected chi connectivity index (χ1v) is 6.47. The first-order chi connectivity index (χ1) is 9.82. The van der Waals surface area contributed by atoms with E-state index >= 15 is 0 Å². The van der Waals surface area contributed by atoms with Crippen molar-refractivity contribution < 1.29 is 17.9 Å². The van der Waals surface area contributed by atoms with E-state index in [9.17, 15) is 13.2 Å². The first-order valence-electron chi connectivity index (χ1n) is 6.47. The van der Waals surface area contributed by atoms with Crippen LogP contribution in [0.1, 0.15) is 22.3 Å². The molecule has 0 bridgehead atoms. The topological polar surface area (TPSA) is 35.2 Å². The van der Waals surface area contributed by atoms with Crippen LogP contribution in [0, 0.1) is 13.8 Å². The molecule has 0 saturated carbocycles. The maximum absolute atomic E-state index is 12.7. The molecule has 0 aliphatic heterocycles. The summed E-state index contributed by atoms with van der Waals surface area (Å²) in [6.07, 6.45) is -4.39. The lowest BCUT2D eigenvalue weighted by Gasteiger charge is -2.16. The predicted octanol–water partition coefficient (Wildman–Crippen LogP) is 4.57. The molecule has 2 rings (SSSR count). The molecular formula is C16H16F3NO. The van der Waals surface area contributed by atoms with E-state index in [0.717, 1.165) is 23.3 Å². The quantitative estimate of drug-likeness (QED) is 0.900. The zero-order valence-corrected chi connectivity index (χ0v) is 11.8. The molecule has 0 fully saturated rings. The van der Waals surface area contributed by atoms with Crippen molar-refractivity contribution in [1.82, 2.24) is 0 Å². The number of hydrogen-bond donors (Lipinski definition) is 1. The van der Waals surface area contributed by atoms with Crippen molar-refractivity contribution in [3.8, 4) is 11.5 Å². The summed E-state index contributed by atoms with van der Waals surface area (Å²) in [5, 5.41) is 0. The van der Waals surface area contributed by atoms with Gasteiger partial charge in [0.2, 0.25) is 0 Å². The van der Waals surface area contributed by atoms with Gasteiger partial charge in [0.15, 0.2) is 0 Å². The number of halogens is 3. The fraction of sp³-hybridized carbons (Fsp3) is 0.250. The maximum Gasteiger partial charge on any atom is 0.416 e. The molecule has 0 radical (unpaired) electrons. The van der Waals surface area contributed by atoms with Gasteiger partial charge in [-0.2, -0.15) is 13.2 Å². The molecule has 0 saturated heterocycles. The number of aryl methyl sites for hydroxylation is 2. The summed E-state index contributed by atoms with van der Waals surface area (Å²) in [5.41, 5.74) is 6.98. The van der Waals surface area contributed by atoms with Gasteiger partial charge in [-0.1, -0.05) is 18.2 Å². The molecular weight excluding hydrogens is 279 g/mol. The Hall–Kier alpha value is -2.01. The number of alkyl halides is 3. The van der Waals surface area contributed by atoms with Crippen LogP contribution >= 0.6 is 0 Å². The normalized spacial score (nSPS) is 11.5. The van der Waals surface area contributed by atoms with E-state index in [1.807, 2.05) is 32.0 Å². The Morgan fingerprint density at radius 1 is 1.05 bits per heavy atom. The van der Waals surface area contributed by atoms with Gasteiger partial charge in [-0.3, -0.25) is 0 Å². The van der Waals surface area contributed by atoms with Gasteiger partial charge in [-0.25, -0.2) is 0 Å². The molecule has 112 valence electrons. The van der Waals surface area contributed by atoms with Crippen LogP contribution < -0.4 is 10.5 Å². The molecule has 0 spiro atoms. The van der Waals surface area contributed by atoms with Crippen molar-refractivity contribution in [3.63, 3.8) is 0 Å². The van der Waals surface area contributed by atoms with Crippen molar-refractivity contribution in [2.45, 2.75) is 26.6 Å². The largest absolute Gasteiger partial charge is 0.456 e. The molecule has 0 heterocycles. The van der Waals surface area contributed by atoms with Crippen LogP contribution in [0.15, 0.2) is 36.4 Å². The van der Waals surface area contributed by atoms with Gasteiger partial charge in [0, 0.05) is 12.1 Å². The Balaban J connectivity index is 2.41. The summed E-state index contributed by atoms with van der Waals surface area (Å²) in [5.74, 6) is 0.995. The van der Waals surface area contributed by atoms with Crippen LogP contribution in [0.25, 0.3) is 0 Å². The maximum atomic E-state index is 12.7. The van der Waals surface area contributed by atoms with Crippen molar-refractivity contribution in [3.05, 3.63) is 58.7 Å². The standard InChI is InChI=1S/C16H16F3NO/c1-10-4-3-5-11(2)15(10)21-14-7-6-13(16(17,18)19)8-12(14)9-20/h3-8H,9,20H2,1-2H3. The van der Waals surface area contributed by atoms with Gasteiger partial charge in [0.05, 0.1) is 5.56 Å². The minimum absolute atomic E-state index is 0.0236. The van der Waals surface area contributed by atoms with Crippen LogP contribution in [0.2, 0.25) is 0 Å². The van der Waals surface area contributed by atoms with E-state index in [-0.39, 0.29) is 6.54 Å². The number of nitrogens with two attached hydrogens (primary N) is 1. The summed E-state index contributed by atoms with van der Waals surface area (Å²) in [6, 6.07) is 9.01. The highest BCUT2D eigenvalue weighted by Gasteiger charge is 2.31. The lowest BCUT2D eigenvalue weighted by Crippen LogP contribution is -2.08. The van der Waals surface area contributed by atoms with Crippen LogP contribution in [-0.2, 0) is 12.7 Å². The van der Waals surface area contributed by atoms with Gasteiger partial charge in [-0.15, -0.1) is 0 Å². The number of benzene rings is 2. The van der Waals surface area contributed by atoms with E-state index < -0.39 is 11.7 Å². The molecule has 5 heteroatoms. The van der Waals surface area contributed by atoms with E-state index in [0.29, 0.717) is 17.1 Å². The lowest BCUT2D eigenvalue weighted by atomic mass is 10.1.